The summed E-state index contributed by atoms with van der Waals surface area (Å²) in [6, 6.07) is 3.20. The molecule has 1 aromatic rings. The van der Waals surface area contributed by atoms with Gasteiger partial charge in [0.2, 0.25) is 0 Å². The highest BCUT2D eigenvalue weighted by Crippen LogP contribution is 2.36. The molecule has 0 radical (unpaired) electrons. The van der Waals surface area contributed by atoms with Gasteiger partial charge >= 0.3 is 6.09 Å². The Hall–Kier alpha value is -2.15. The van der Waals surface area contributed by atoms with Gasteiger partial charge in [-0.15, -0.1) is 0 Å². The van der Waals surface area contributed by atoms with Gasteiger partial charge < -0.3 is 24.4 Å². The molecule has 2 rings (SSSR count). The van der Waals surface area contributed by atoms with Crippen molar-refractivity contribution >= 4 is 23.6 Å². The van der Waals surface area contributed by atoms with Crippen molar-refractivity contribution in [3.63, 3.8) is 0 Å². The molecule has 27 heavy (non-hydrogen) atoms. The summed E-state index contributed by atoms with van der Waals surface area (Å²) in [6.45, 7) is 5.75. The Labute approximate surface area is 164 Å². The van der Waals surface area contributed by atoms with E-state index >= 15 is 0 Å². The molecule has 0 aliphatic carbocycles. The lowest BCUT2D eigenvalue weighted by Gasteiger charge is -2.31. The first kappa shape index (κ1) is 21.2. The van der Waals surface area contributed by atoms with Crippen LogP contribution >= 0.6 is 11.6 Å². The van der Waals surface area contributed by atoms with Crippen molar-refractivity contribution in [1.82, 2.24) is 10.2 Å². The van der Waals surface area contributed by atoms with Crippen molar-refractivity contribution in [2.24, 2.45) is 0 Å². The Morgan fingerprint density at radius 2 is 1.96 bits per heavy atom. The standard InChI is InChI=1S/C19H27ClN2O5/c1-4-10-27-17-15(20)11-13(12-16(17)25-3)18(23)21-14-6-8-22(9-7-14)19(24)26-5-2/h11-12,14H,4-10H2,1-3H3,(H,21,23). The second-order valence-corrected chi connectivity index (χ2v) is 6.68. The number of halogens is 1. The number of carbonyl (C=O) groups excluding carboxylic acids is 2. The molecule has 0 aromatic heterocycles. The molecule has 2 amide bonds. The molecule has 8 heteroatoms. The molecule has 0 unspecified atom stereocenters. The molecule has 0 spiro atoms. The van der Waals surface area contributed by atoms with E-state index in [-0.39, 0.29) is 18.0 Å². The molecular weight excluding hydrogens is 372 g/mol. The molecule has 1 aliphatic rings. The van der Waals surface area contributed by atoms with Crippen molar-refractivity contribution < 1.29 is 23.8 Å². The van der Waals surface area contributed by atoms with E-state index in [1.165, 1.54) is 7.11 Å². The third-order valence-corrected chi connectivity index (χ3v) is 4.58. The van der Waals surface area contributed by atoms with Crippen molar-refractivity contribution in [3.05, 3.63) is 22.7 Å². The molecule has 7 nitrogen and oxygen atoms in total. The van der Waals surface area contributed by atoms with Crippen LogP contribution in [0.2, 0.25) is 5.02 Å². The first-order valence-corrected chi connectivity index (χ1v) is 9.60. The van der Waals surface area contributed by atoms with Crippen LogP contribution in [0.4, 0.5) is 4.79 Å². The summed E-state index contributed by atoms with van der Waals surface area (Å²) in [7, 11) is 1.51. The van der Waals surface area contributed by atoms with Crippen LogP contribution in [-0.4, -0.2) is 56.4 Å². The predicted molar refractivity (Wildman–Crippen MR) is 103 cm³/mol. The number of hydrogen-bond acceptors (Lipinski definition) is 5. The minimum Gasteiger partial charge on any atom is -0.493 e. The van der Waals surface area contributed by atoms with Crippen molar-refractivity contribution in [2.75, 3.05) is 33.4 Å². The highest BCUT2D eigenvalue weighted by Gasteiger charge is 2.25. The van der Waals surface area contributed by atoms with Gasteiger partial charge in [-0.2, -0.15) is 0 Å². The molecule has 1 aliphatic heterocycles. The van der Waals surface area contributed by atoms with Gasteiger partial charge in [0.05, 0.1) is 25.3 Å². The van der Waals surface area contributed by atoms with E-state index < -0.39 is 0 Å². The SMILES string of the molecule is CCCOc1c(Cl)cc(C(=O)NC2CCN(C(=O)OCC)CC2)cc1OC. The number of nitrogens with zero attached hydrogens (tertiary/aromatic N) is 1. The molecular formula is C19H27ClN2O5. The van der Waals surface area contributed by atoms with Crippen molar-refractivity contribution in [1.29, 1.82) is 0 Å². The fourth-order valence-corrected chi connectivity index (χ4v) is 3.15. The molecule has 0 atom stereocenters. The fourth-order valence-electron chi connectivity index (χ4n) is 2.89. The fraction of sp³-hybridized carbons (Fsp3) is 0.579. The molecule has 1 heterocycles. The van der Waals surface area contributed by atoms with Crippen LogP contribution in [0.3, 0.4) is 0 Å². The zero-order valence-electron chi connectivity index (χ0n) is 16.0. The molecule has 0 saturated carbocycles. The summed E-state index contributed by atoms with van der Waals surface area (Å²) < 4.78 is 15.9. The van der Waals surface area contributed by atoms with Gasteiger partial charge in [0.1, 0.15) is 0 Å². The smallest absolute Gasteiger partial charge is 0.409 e. The number of amides is 2. The third-order valence-electron chi connectivity index (χ3n) is 4.30. The Morgan fingerprint density at radius 3 is 2.56 bits per heavy atom. The topological polar surface area (TPSA) is 77.1 Å². The van der Waals surface area contributed by atoms with Crippen molar-refractivity contribution in [3.8, 4) is 11.5 Å². The first-order chi connectivity index (χ1) is 13.0. The van der Waals surface area contributed by atoms with Gasteiger partial charge in [-0.3, -0.25) is 4.79 Å². The Balaban J connectivity index is 1.98. The van der Waals surface area contributed by atoms with Gasteiger partial charge in [0.25, 0.3) is 5.91 Å². The minimum absolute atomic E-state index is 0.0102. The second-order valence-electron chi connectivity index (χ2n) is 6.27. The predicted octanol–water partition coefficient (Wildman–Crippen LogP) is 3.49. The van der Waals surface area contributed by atoms with Gasteiger partial charge in [0, 0.05) is 24.7 Å². The average molecular weight is 399 g/mol. The summed E-state index contributed by atoms with van der Waals surface area (Å²) in [5.74, 6) is 0.644. The van der Waals surface area contributed by atoms with Gasteiger partial charge in [0.15, 0.2) is 11.5 Å². The lowest BCUT2D eigenvalue weighted by atomic mass is 10.0. The van der Waals surface area contributed by atoms with E-state index in [1.54, 1.807) is 24.0 Å². The summed E-state index contributed by atoms with van der Waals surface area (Å²) in [6.07, 6.45) is 1.88. The van der Waals surface area contributed by atoms with Crippen LogP contribution < -0.4 is 14.8 Å². The molecule has 1 saturated heterocycles. The molecule has 1 N–H and O–H groups in total. The van der Waals surface area contributed by atoms with E-state index in [9.17, 15) is 9.59 Å². The number of methoxy groups -OCH3 is 1. The van der Waals surface area contributed by atoms with Crippen LogP contribution in [0.15, 0.2) is 12.1 Å². The number of benzene rings is 1. The zero-order valence-corrected chi connectivity index (χ0v) is 16.8. The van der Waals surface area contributed by atoms with Gasteiger partial charge in [-0.25, -0.2) is 4.79 Å². The average Bonchev–Trinajstić information content (AvgIpc) is 2.67. The van der Waals surface area contributed by atoms with Crippen LogP contribution in [0.25, 0.3) is 0 Å². The zero-order chi connectivity index (χ0) is 19.8. The van der Waals surface area contributed by atoms with Gasteiger partial charge in [-0.1, -0.05) is 18.5 Å². The molecule has 150 valence electrons. The third kappa shape index (κ3) is 5.66. The monoisotopic (exact) mass is 398 g/mol. The summed E-state index contributed by atoms with van der Waals surface area (Å²) in [5, 5.41) is 3.33. The summed E-state index contributed by atoms with van der Waals surface area (Å²) in [4.78, 5) is 26.0. The maximum Gasteiger partial charge on any atom is 0.409 e. The van der Waals surface area contributed by atoms with E-state index in [1.807, 2.05) is 6.92 Å². The number of carbonyl (C=O) groups is 2. The lowest BCUT2D eigenvalue weighted by molar-refractivity contribution is 0.0859. The van der Waals surface area contributed by atoms with E-state index in [0.29, 0.717) is 61.2 Å². The maximum atomic E-state index is 12.6. The molecule has 1 fully saturated rings. The number of likely N-dealkylation sites (tertiary alicyclic amines) is 1. The van der Waals surface area contributed by atoms with Crippen LogP contribution in [0.5, 0.6) is 11.5 Å². The summed E-state index contributed by atoms with van der Waals surface area (Å²) >= 11 is 6.28. The van der Waals surface area contributed by atoms with Gasteiger partial charge in [-0.05, 0) is 38.3 Å². The normalized spacial score (nSPS) is 14.6. The number of hydrogen-bond donors (Lipinski definition) is 1. The quantitative estimate of drug-likeness (QED) is 0.760. The minimum atomic E-state index is -0.304. The maximum absolute atomic E-state index is 12.6. The number of nitrogens with one attached hydrogen (secondary N) is 1. The number of rotatable bonds is 7. The lowest BCUT2D eigenvalue weighted by Crippen LogP contribution is -2.46. The highest BCUT2D eigenvalue weighted by atomic mass is 35.5. The number of piperidine rings is 1. The summed E-state index contributed by atoms with van der Waals surface area (Å²) in [5.41, 5.74) is 0.411. The van der Waals surface area contributed by atoms with Crippen LogP contribution in [-0.2, 0) is 4.74 Å². The van der Waals surface area contributed by atoms with Crippen molar-refractivity contribution in [2.45, 2.75) is 39.2 Å². The largest absolute Gasteiger partial charge is 0.493 e. The molecule has 1 aromatic carbocycles. The second kappa shape index (κ2) is 10.3. The van der Waals surface area contributed by atoms with E-state index in [2.05, 4.69) is 5.32 Å². The Bertz CT molecular complexity index is 660. The van der Waals surface area contributed by atoms with E-state index in [4.69, 9.17) is 25.8 Å². The van der Waals surface area contributed by atoms with Crippen LogP contribution in [0.1, 0.15) is 43.5 Å². The van der Waals surface area contributed by atoms with Crippen LogP contribution in [0, 0.1) is 0 Å². The Morgan fingerprint density at radius 1 is 1.26 bits per heavy atom. The first-order valence-electron chi connectivity index (χ1n) is 9.23. The number of ether oxygens (including phenoxy) is 3. The van der Waals surface area contributed by atoms with E-state index in [0.717, 1.165) is 6.42 Å². The highest BCUT2D eigenvalue weighted by molar-refractivity contribution is 6.32. The molecule has 0 bridgehead atoms. The Kier molecular flexibility index (Phi) is 8.03.